The van der Waals surface area contributed by atoms with Crippen molar-refractivity contribution in [3.63, 3.8) is 0 Å². The Morgan fingerprint density at radius 2 is 2.13 bits per heavy atom. The number of fused-ring (bicyclic) bond motifs is 3. The Hall–Kier alpha value is -3.30. The Morgan fingerprint density at radius 1 is 1.32 bits per heavy atom. The number of nitrogens with zero attached hydrogens (tertiary/aromatic N) is 2. The Labute approximate surface area is 176 Å². The summed E-state index contributed by atoms with van der Waals surface area (Å²) in [7, 11) is 1.39. The van der Waals surface area contributed by atoms with Gasteiger partial charge in [-0.05, 0) is 49.9 Å². The zero-order valence-electron chi connectivity index (χ0n) is 17.1. The highest BCUT2D eigenvalue weighted by Crippen LogP contribution is 2.39. The molecule has 1 atom stereocenters. The van der Waals surface area contributed by atoms with Gasteiger partial charge in [0.15, 0.2) is 0 Å². The fourth-order valence-corrected chi connectivity index (χ4v) is 3.99. The first kappa shape index (κ1) is 21.0. The number of amides is 1. The number of hydrogen-bond acceptors (Lipinski definition) is 5. The first-order valence-corrected chi connectivity index (χ1v) is 9.96. The Kier molecular flexibility index (Phi) is 5.47. The third kappa shape index (κ3) is 4.01. The molecule has 1 aliphatic rings. The molecule has 164 valence electrons. The first-order valence-electron chi connectivity index (χ1n) is 9.96. The number of aryl methyl sites for hydroxylation is 1. The molecule has 1 aliphatic carbocycles. The quantitative estimate of drug-likeness (QED) is 0.566. The van der Waals surface area contributed by atoms with Crippen molar-refractivity contribution >= 4 is 28.4 Å². The van der Waals surface area contributed by atoms with Gasteiger partial charge in [0.2, 0.25) is 5.91 Å². The highest BCUT2D eigenvalue weighted by Gasteiger charge is 2.32. The normalized spacial score (nSPS) is 16.1. The summed E-state index contributed by atoms with van der Waals surface area (Å²) < 4.78 is 44.9. The summed E-state index contributed by atoms with van der Waals surface area (Å²) in [6, 6.07) is 3.22. The lowest BCUT2D eigenvalue weighted by atomic mass is 9.86. The summed E-state index contributed by atoms with van der Waals surface area (Å²) in [6.07, 6.45) is -1.25. The van der Waals surface area contributed by atoms with Crippen molar-refractivity contribution in [1.29, 1.82) is 0 Å². The molecule has 2 heterocycles. The molecule has 0 saturated carbocycles. The van der Waals surface area contributed by atoms with E-state index in [1.165, 1.54) is 19.5 Å². The molecule has 31 heavy (non-hydrogen) atoms. The maximum atomic E-state index is 13.2. The number of benzene rings is 1. The average molecular weight is 433 g/mol. The topological polar surface area (TPSA) is 91.9 Å². The van der Waals surface area contributed by atoms with Crippen molar-refractivity contribution in [3.8, 4) is 5.75 Å². The molecule has 0 fully saturated rings. The van der Waals surface area contributed by atoms with Gasteiger partial charge in [0.25, 0.3) is 0 Å². The molecule has 0 aliphatic heterocycles. The van der Waals surface area contributed by atoms with Crippen molar-refractivity contribution in [2.75, 3.05) is 19.0 Å². The largest absolute Gasteiger partial charge is 0.495 e. The van der Waals surface area contributed by atoms with Gasteiger partial charge < -0.3 is 20.4 Å². The van der Waals surface area contributed by atoms with Crippen molar-refractivity contribution < 1.29 is 22.7 Å². The number of ether oxygens (including phenoxy) is 1. The maximum Gasteiger partial charge on any atom is 0.416 e. The number of aromatic nitrogens is 3. The number of nitrogens with one attached hydrogen (secondary N) is 3. The molecule has 0 radical (unpaired) electrons. The van der Waals surface area contributed by atoms with Gasteiger partial charge in [-0.2, -0.15) is 13.2 Å². The van der Waals surface area contributed by atoms with Crippen LogP contribution in [0.1, 0.15) is 30.2 Å². The van der Waals surface area contributed by atoms with E-state index in [0.29, 0.717) is 42.7 Å². The predicted molar refractivity (Wildman–Crippen MR) is 109 cm³/mol. The molecule has 1 amide bonds. The second kappa shape index (κ2) is 8.09. The minimum atomic E-state index is -4.49. The second-order valence-electron chi connectivity index (χ2n) is 7.40. The number of H-pyrrole nitrogens is 1. The molecule has 4 rings (SSSR count). The van der Waals surface area contributed by atoms with Gasteiger partial charge in [0.1, 0.15) is 23.5 Å². The Balaban J connectivity index is 1.75. The third-order valence-electron chi connectivity index (χ3n) is 5.48. The van der Waals surface area contributed by atoms with E-state index in [0.717, 1.165) is 23.4 Å². The number of methoxy groups -OCH3 is 1. The van der Waals surface area contributed by atoms with E-state index < -0.39 is 11.7 Å². The van der Waals surface area contributed by atoms with Gasteiger partial charge in [0.05, 0.1) is 23.7 Å². The summed E-state index contributed by atoms with van der Waals surface area (Å²) >= 11 is 0. The first-order chi connectivity index (χ1) is 14.8. The second-order valence-corrected chi connectivity index (χ2v) is 7.40. The van der Waals surface area contributed by atoms with Gasteiger partial charge in [-0.25, -0.2) is 9.97 Å². The average Bonchev–Trinajstić information content (AvgIpc) is 3.12. The van der Waals surface area contributed by atoms with Crippen LogP contribution in [-0.4, -0.2) is 34.5 Å². The van der Waals surface area contributed by atoms with Gasteiger partial charge in [-0.15, -0.1) is 0 Å². The molecule has 0 saturated heterocycles. The summed E-state index contributed by atoms with van der Waals surface area (Å²) in [5.74, 6) is 0.428. The number of rotatable bonds is 5. The zero-order valence-corrected chi connectivity index (χ0v) is 17.1. The van der Waals surface area contributed by atoms with Gasteiger partial charge >= 0.3 is 6.18 Å². The highest BCUT2D eigenvalue weighted by atomic mass is 19.4. The van der Waals surface area contributed by atoms with Crippen LogP contribution in [-0.2, 0) is 23.8 Å². The van der Waals surface area contributed by atoms with E-state index in [-0.39, 0.29) is 23.3 Å². The zero-order chi connectivity index (χ0) is 22.2. The minimum Gasteiger partial charge on any atom is -0.495 e. The van der Waals surface area contributed by atoms with Crippen LogP contribution in [0.4, 0.5) is 24.7 Å². The molecule has 3 N–H and O–H groups in total. The van der Waals surface area contributed by atoms with Crippen LogP contribution in [0.15, 0.2) is 24.5 Å². The van der Waals surface area contributed by atoms with Crippen LogP contribution in [0.5, 0.6) is 5.75 Å². The number of anilines is 2. The SMILES string of the molecule is CCNC(=O)C1CCc2[nH]c3ncnc(Nc4cc(C(F)(F)F)ccc4OC)c3c2C1. The molecule has 1 unspecified atom stereocenters. The standard InChI is InChI=1S/C21H22F3N5O2/c1-3-25-20(30)11-4-6-14-13(8-11)17-18(28-14)26-10-27-19(17)29-15-9-12(21(22,23)24)5-7-16(15)31-2/h5,7,9-11H,3-4,6,8H2,1-2H3,(H,25,30)(H2,26,27,28,29). The fourth-order valence-electron chi connectivity index (χ4n) is 3.99. The van der Waals surface area contributed by atoms with Crippen LogP contribution in [0, 0.1) is 5.92 Å². The van der Waals surface area contributed by atoms with E-state index in [1.54, 1.807) is 0 Å². The maximum absolute atomic E-state index is 13.2. The van der Waals surface area contributed by atoms with Crippen molar-refractivity contribution in [2.45, 2.75) is 32.4 Å². The van der Waals surface area contributed by atoms with E-state index in [2.05, 4.69) is 25.6 Å². The molecular weight excluding hydrogens is 411 g/mol. The summed E-state index contributed by atoms with van der Waals surface area (Å²) in [5, 5.41) is 6.52. The van der Waals surface area contributed by atoms with Crippen LogP contribution in [0.2, 0.25) is 0 Å². The lowest BCUT2D eigenvalue weighted by Gasteiger charge is -2.22. The number of aromatic amines is 1. The monoisotopic (exact) mass is 433 g/mol. The molecule has 3 aromatic rings. The highest BCUT2D eigenvalue weighted by molar-refractivity contribution is 5.94. The smallest absolute Gasteiger partial charge is 0.416 e. The fraction of sp³-hybridized carbons (Fsp3) is 0.381. The van der Waals surface area contributed by atoms with Crippen molar-refractivity contribution in [2.24, 2.45) is 5.92 Å². The van der Waals surface area contributed by atoms with Gasteiger partial charge in [-0.3, -0.25) is 4.79 Å². The van der Waals surface area contributed by atoms with Crippen LogP contribution >= 0.6 is 0 Å². The van der Waals surface area contributed by atoms with E-state index in [9.17, 15) is 18.0 Å². The van der Waals surface area contributed by atoms with Crippen molar-refractivity contribution in [1.82, 2.24) is 20.3 Å². The molecule has 7 nitrogen and oxygen atoms in total. The minimum absolute atomic E-state index is 0.00611. The molecule has 2 aromatic heterocycles. The molecule has 1 aromatic carbocycles. The lowest BCUT2D eigenvalue weighted by molar-refractivity contribution is -0.137. The number of halogens is 3. The van der Waals surface area contributed by atoms with E-state index in [4.69, 9.17) is 4.74 Å². The Bertz CT molecular complexity index is 1130. The predicted octanol–water partition coefficient (Wildman–Crippen LogP) is 3.97. The van der Waals surface area contributed by atoms with Crippen LogP contribution < -0.4 is 15.4 Å². The summed E-state index contributed by atoms with van der Waals surface area (Å²) in [5.41, 5.74) is 1.79. The number of carbonyl (C=O) groups is 1. The molecular formula is C21H22F3N5O2. The lowest BCUT2D eigenvalue weighted by Crippen LogP contribution is -2.33. The molecule has 10 heteroatoms. The van der Waals surface area contributed by atoms with Gasteiger partial charge in [-0.1, -0.05) is 0 Å². The summed E-state index contributed by atoms with van der Waals surface area (Å²) in [6.45, 7) is 2.43. The number of carbonyl (C=O) groups excluding carboxylic acids is 1. The molecule has 0 spiro atoms. The third-order valence-corrected chi connectivity index (χ3v) is 5.48. The van der Waals surface area contributed by atoms with E-state index >= 15 is 0 Å². The van der Waals surface area contributed by atoms with Crippen molar-refractivity contribution in [3.05, 3.63) is 41.3 Å². The number of alkyl halides is 3. The van der Waals surface area contributed by atoms with Crippen LogP contribution in [0.3, 0.4) is 0 Å². The Morgan fingerprint density at radius 3 is 2.84 bits per heavy atom. The van der Waals surface area contributed by atoms with E-state index in [1.807, 2.05) is 6.92 Å². The summed E-state index contributed by atoms with van der Waals surface area (Å²) in [4.78, 5) is 24.2. The van der Waals surface area contributed by atoms with Gasteiger partial charge in [0, 0.05) is 18.2 Å². The van der Waals surface area contributed by atoms with Crippen LogP contribution in [0.25, 0.3) is 11.0 Å². The number of hydrogen-bond donors (Lipinski definition) is 3. The molecule has 0 bridgehead atoms.